The SMILES string of the molecule is Cc1cc(Nc2nc(Cl)nc(Nc3ccc(N=Nc4nc5cc(S(=O)O)ccc5s4)c(C)c3)n2)ccc1N.NC1=Nc2cc(S(=O)(=O)O)ccc2CS1. The Kier molecular flexibility index (Phi) is 11.3. The van der Waals surface area contributed by atoms with Crippen molar-refractivity contribution in [1.29, 1.82) is 0 Å². The van der Waals surface area contributed by atoms with Crippen molar-refractivity contribution < 1.29 is 21.7 Å². The summed E-state index contributed by atoms with van der Waals surface area (Å²) in [6.45, 7) is 3.81. The summed E-state index contributed by atoms with van der Waals surface area (Å²) in [5.41, 5.74) is 18.0. The van der Waals surface area contributed by atoms with Gasteiger partial charge in [0.1, 0.15) is 0 Å². The van der Waals surface area contributed by atoms with Crippen LogP contribution in [0.25, 0.3) is 10.2 Å². The monoisotopic (exact) mass is 809 g/mol. The van der Waals surface area contributed by atoms with E-state index in [1.54, 1.807) is 36.4 Å². The molecule has 272 valence electrons. The highest BCUT2D eigenvalue weighted by Gasteiger charge is 2.16. The summed E-state index contributed by atoms with van der Waals surface area (Å²) < 4.78 is 52.0. The lowest BCUT2D eigenvalue weighted by atomic mass is 10.2. The summed E-state index contributed by atoms with van der Waals surface area (Å²) in [5.74, 6) is 1.22. The van der Waals surface area contributed by atoms with E-state index in [-0.39, 0.29) is 27.0 Å². The minimum absolute atomic E-state index is 0.0347. The van der Waals surface area contributed by atoms with E-state index in [2.05, 4.69) is 45.8 Å². The van der Waals surface area contributed by atoms with E-state index in [1.807, 2.05) is 38.1 Å². The molecule has 16 nitrogen and oxygen atoms in total. The van der Waals surface area contributed by atoms with Crippen molar-refractivity contribution in [1.82, 2.24) is 19.9 Å². The lowest BCUT2D eigenvalue weighted by molar-refractivity contribution is 0.483. The van der Waals surface area contributed by atoms with Crippen molar-refractivity contribution in [3.8, 4) is 0 Å². The van der Waals surface area contributed by atoms with Crippen LogP contribution < -0.4 is 22.1 Å². The Labute approximate surface area is 318 Å². The molecule has 7 rings (SSSR count). The number of aromatic nitrogens is 4. The molecule has 0 amide bonds. The van der Waals surface area contributed by atoms with Gasteiger partial charge < -0.3 is 26.7 Å². The van der Waals surface area contributed by atoms with Crippen LogP contribution in [0.1, 0.15) is 16.7 Å². The Morgan fingerprint density at radius 3 is 2.23 bits per heavy atom. The first-order chi connectivity index (χ1) is 25.2. The molecular weight excluding hydrogens is 782 g/mol. The molecule has 0 bridgehead atoms. The van der Waals surface area contributed by atoms with E-state index in [0.717, 1.165) is 32.8 Å². The average Bonchev–Trinajstić information content (AvgIpc) is 3.51. The largest absolute Gasteiger partial charge is 0.399 e. The molecule has 1 atom stereocenters. The summed E-state index contributed by atoms with van der Waals surface area (Å²) in [6, 6.07) is 20.2. The number of halogens is 1. The topological polar surface area (TPSA) is 256 Å². The molecule has 0 spiro atoms. The van der Waals surface area contributed by atoms with E-state index < -0.39 is 21.2 Å². The third-order valence-electron chi connectivity index (χ3n) is 7.34. The first-order valence-electron chi connectivity index (χ1n) is 15.1. The fourth-order valence-electron chi connectivity index (χ4n) is 4.70. The highest BCUT2D eigenvalue weighted by atomic mass is 35.5. The van der Waals surface area contributed by atoms with Crippen LogP contribution in [-0.4, -0.2) is 46.8 Å². The van der Waals surface area contributed by atoms with Crippen LogP contribution in [0.5, 0.6) is 0 Å². The number of azo groups is 1. The molecule has 1 aliphatic heterocycles. The lowest BCUT2D eigenvalue weighted by Crippen LogP contribution is -2.10. The maximum atomic E-state index is 11.3. The maximum Gasteiger partial charge on any atom is 0.294 e. The molecule has 0 aliphatic carbocycles. The van der Waals surface area contributed by atoms with Crippen LogP contribution in [0.3, 0.4) is 0 Å². The summed E-state index contributed by atoms with van der Waals surface area (Å²) >= 11 is 6.79. The Hall–Kier alpha value is -5.09. The molecule has 1 aliphatic rings. The number of thioether (sulfide) groups is 1. The van der Waals surface area contributed by atoms with Crippen molar-refractivity contribution in [2.24, 2.45) is 21.0 Å². The van der Waals surface area contributed by atoms with Gasteiger partial charge in [-0.2, -0.15) is 23.4 Å². The molecule has 0 fully saturated rings. The van der Waals surface area contributed by atoms with Crippen LogP contribution in [0.2, 0.25) is 5.28 Å². The molecule has 6 aromatic rings. The quantitative estimate of drug-likeness (QED) is 0.0369. The standard InChI is InChI=1S/C24H20ClN9O2S2.C8H8N2O3S2/c1-12-9-14(3-6-17(12)26)27-22-30-21(25)31-23(32-22)28-15-4-7-18(13(2)10-15)33-34-24-29-19-11-16(38(35)36)5-8-20(19)37-24;9-8-10-7-3-6(15(11,12)13)2-1-5(7)4-14-8/h3-11H,26H2,1-2H3,(H,35,36)(H2,27,28,30,31,32);1-3H,4H2,(H2,9,10)(H,11,12,13). The molecule has 2 aromatic heterocycles. The first-order valence-corrected chi connectivity index (χ1v) is 19.9. The highest BCUT2D eigenvalue weighted by molar-refractivity contribution is 8.13. The second-order valence-corrected chi connectivity index (χ2v) is 15.9. The zero-order chi connectivity index (χ0) is 37.9. The molecule has 53 heavy (non-hydrogen) atoms. The molecule has 0 saturated heterocycles. The van der Waals surface area contributed by atoms with E-state index in [9.17, 15) is 17.2 Å². The number of fused-ring (bicyclic) bond motifs is 2. The number of benzene rings is 4. The minimum Gasteiger partial charge on any atom is -0.399 e. The molecule has 0 radical (unpaired) electrons. The fraction of sp³-hybridized carbons (Fsp3) is 0.0938. The highest BCUT2D eigenvalue weighted by Crippen LogP contribution is 2.33. The minimum atomic E-state index is -4.17. The summed E-state index contributed by atoms with van der Waals surface area (Å²) in [4.78, 5) is 21.2. The van der Waals surface area contributed by atoms with E-state index in [4.69, 9.17) is 27.6 Å². The fourth-order valence-corrected chi connectivity index (χ4v) is 7.23. The van der Waals surface area contributed by atoms with E-state index >= 15 is 0 Å². The Morgan fingerprint density at radius 1 is 0.868 bits per heavy atom. The zero-order valence-corrected chi connectivity index (χ0v) is 31.6. The van der Waals surface area contributed by atoms with Gasteiger partial charge in [0, 0.05) is 22.8 Å². The Morgan fingerprint density at radius 2 is 1.57 bits per heavy atom. The summed E-state index contributed by atoms with van der Waals surface area (Å²) in [5, 5.41) is 15.7. The molecule has 4 aromatic carbocycles. The number of hydrogen-bond acceptors (Lipinski definition) is 16. The van der Waals surface area contributed by atoms with Crippen molar-refractivity contribution in [2.75, 3.05) is 16.4 Å². The molecule has 8 N–H and O–H groups in total. The number of aliphatic imine (C=N–C) groups is 1. The van der Waals surface area contributed by atoms with Gasteiger partial charge in [-0.3, -0.25) is 4.55 Å². The lowest BCUT2D eigenvalue weighted by Gasteiger charge is -2.12. The van der Waals surface area contributed by atoms with E-state index in [0.29, 0.717) is 38.6 Å². The van der Waals surface area contributed by atoms with Gasteiger partial charge in [0.25, 0.3) is 10.1 Å². The Balaban J connectivity index is 0.000000267. The molecular formula is C32H28ClN11O5S4. The number of amidine groups is 1. The van der Waals surface area contributed by atoms with Crippen LogP contribution in [0.4, 0.5) is 45.5 Å². The van der Waals surface area contributed by atoms with Crippen molar-refractivity contribution in [3.63, 3.8) is 0 Å². The van der Waals surface area contributed by atoms with Gasteiger partial charge in [-0.25, -0.2) is 14.2 Å². The van der Waals surface area contributed by atoms with Crippen LogP contribution in [0.15, 0.2) is 97.8 Å². The first kappa shape index (κ1) is 37.7. The van der Waals surface area contributed by atoms with Gasteiger partial charge >= 0.3 is 0 Å². The van der Waals surface area contributed by atoms with Crippen LogP contribution in [-0.2, 0) is 27.0 Å². The number of hydrogen-bond donors (Lipinski definition) is 6. The summed E-state index contributed by atoms with van der Waals surface area (Å²) in [7, 11) is -4.17. The van der Waals surface area contributed by atoms with Gasteiger partial charge in [0.15, 0.2) is 16.2 Å². The number of nitrogens with zero attached hydrogens (tertiary/aromatic N) is 7. The van der Waals surface area contributed by atoms with Crippen molar-refractivity contribution in [2.45, 2.75) is 29.4 Å². The Bertz CT molecular complexity index is 2570. The normalized spacial score (nSPS) is 13.2. The van der Waals surface area contributed by atoms with Gasteiger partial charge in [-0.1, -0.05) is 29.2 Å². The third kappa shape index (κ3) is 9.67. The predicted molar refractivity (Wildman–Crippen MR) is 210 cm³/mol. The van der Waals surface area contributed by atoms with Crippen molar-refractivity contribution >= 4 is 117 Å². The van der Waals surface area contributed by atoms with Crippen molar-refractivity contribution in [3.05, 3.63) is 94.8 Å². The third-order valence-corrected chi connectivity index (χ3v) is 10.8. The van der Waals surface area contributed by atoms with Crippen LogP contribution in [0, 0.1) is 13.8 Å². The number of nitrogens with two attached hydrogens (primary N) is 2. The molecule has 0 saturated carbocycles. The second kappa shape index (κ2) is 15.9. The number of aryl methyl sites for hydroxylation is 2. The number of nitrogens with one attached hydrogen (secondary N) is 2. The zero-order valence-electron chi connectivity index (χ0n) is 27.6. The molecule has 21 heteroatoms. The molecule has 3 heterocycles. The number of nitrogen functional groups attached to an aromatic ring is 1. The van der Waals surface area contributed by atoms with Gasteiger partial charge in [0.05, 0.1) is 31.4 Å². The smallest absolute Gasteiger partial charge is 0.294 e. The number of rotatable bonds is 8. The van der Waals surface area contributed by atoms with Gasteiger partial charge in [-0.05, 0) is 109 Å². The van der Waals surface area contributed by atoms with E-state index in [1.165, 1.54) is 35.2 Å². The van der Waals surface area contributed by atoms with Crippen LogP contribution >= 0.6 is 34.7 Å². The second-order valence-electron chi connectivity index (χ2n) is 11.2. The van der Waals surface area contributed by atoms with Gasteiger partial charge in [-0.15, -0.1) is 10.2 Å². The van der Waals surface area contributed by atoms with Gasteiger partial charge in [0.2, 0.25) is 22.3 Å². The summed E-state index contributed by atoms with van der Waals surface area (Å²) in [6.07, 6.45) is 0. The molecule has 1 unspecified atom stereocenters. The maximum absolute atomic E-state index is 11.3. The number of anilines is 5. The average molecular weight is 810 g/mol. The number of thiazole rings is 1. The predicted octanol–water partition coefficient (Wildman–Crippen LogP) is 7.94.